The van der Waals surface area contributed by atoms with Gasteiger partial charge in [-0.2, -0.15) is 5.26 Å². The van der Waals surface area contributed by atoms with Crippen LogP contribution in [0.4, 0.5) is 5.69 Å². The second-order valence-corrected chi connectivity index (χ2v) is 8.93. The predicted molar refractivity (Wildman–Crippen MR) is 142 cm³/mol. The van der Waals surface area contributed by atoms with E-state index in [2.05, 4.69) is 11.1 Å². The van der Waals surface area contributed by atoms with Gasteiger partial charge < -0.3 is 14.6 Å². The van der Waals surface area contributed by atoms with Crippen LogP contribution in [0.15, 0.2) is 94.0 Å². The van der Waals surface area contributed by atoms with Crippen molar-refractivity contribution >= 4 is 34.5 Å². The average Bonchev–Trinajstić information content (AvgIpc) is 3.19. The van der Waals surface area contributed by atoms with E-state index in [1.807, 2.05) is 73.7 Å². The fourth-order valence-corrected chi connectivity index (χ4v) is 4.54. The molecule has 0 fully saturated rings. The molecule has 36 heavy (non-hydrogen) atoms. The van der Waals surface area contributed by atoms with Gasteiger partial charge >= 0.3 is 5.97 Å². The first-order chi connectivity index (χ1) is 17.5. The van der Waals surface area contributed by atoms with Crippen LogP contribution in [0.5, 0.6) is 5.75 Å². The molecule has 0 aromatic heterocycles. The maximum atomic E-state index is 12.7. The van der Waals surface area contributed by atoms with Crippen LogP contribution >= 0.6 is 11.8 Å². The summed E-state index contributed by atoms with van der Waals surface area (Å²) in [5.74, 6) is -0.240. The van der Waals surface area contributed by atoms with Crippen molar-refractivity contribution in [1.82, 2.24) is 0 Å². The van der Waals surface area contributed by atoms with Crippen LogP contribution in [-0.4, -0.2) is 22.7 Å². The predicted octanol–water partition coefficient (Wildman–Crippen LogP) is 6.64. The fraction of sp³-hybridized carbons (Fsp3) is 0.138. The number of ether oxygens (including phenoxy) is 2. The van der Waals surface area contributed by atoms with Crippen LogP contribution in [0.3, 0.4) is 0 Å². The number of aliphatic hydroxyl groups excluding tert-OH is 1. The second-order valence-electron chi connectivity index (χ2n) is 7.90. The number of aliphatic hydroxyl groups is 1. The van der Waals surface area contributed by atoms with Gasteiger partial charge in [-0.25, -0.2) is 9.79 Å². The number of nitriles is 1. The standard InChI is InChI=1S/C29H24N2O4S/c1-3-34-29(33)26-27(32)25(36-28(26)31-23-14-12-19(2)13-15-23)16-20-8-6-7-11-24(20)35-18-22-10-5-4-9-21(22)17-30/h4-16,32H,3,18H2,1-2H3/b25-16-,31-28?. The van der Waals surface area contributed by atoms with E-state index in [0.29, 0.717) is 32.5 Å². The minimum Gasteiger partial charge on any atom is -0.506 e. The van der Waals surface area contributed by atoms with E-state index >= 15 is 0 Å². The minimum absolute atomic E-state index is 0.0371. The molecule has 4 rings (SSSR count). The lowest BCUT2D eigenvalue weighted by molar-refractivity contribution is -0.138. The Morgan fingerprint density at radius 1 is 1.08 bits per heavy atom. The average molecular weight is 497 g/mol. The van der Waals surface area contributed by atoms with E-state index in [1.165, 1.54) is 11.8 Å². The number of aryl methyl sites for hydroxylation is 1. The number of benzene rings is 3. The summed E-state index contributed by atoms with van der Waals surface area (Å²) in [6.07, 6.45) is 1.75. The SMILES string of the molecule is CCOC(=O)C1=C(O)/C(=C/c2ccccc2OCc2ccccc2C#N)SC1=Nc1ccc(C)cc1. The highest BCUT2D eigenvalue weighted by atomic mass is 32.2. The van der Waals surface area contributed by atoms with Crippen LogP contribution in [-0.2, 0) is 16.1 Å². The summed E-state index contributed by atoms with van der Waals surface area (Å²) < 4.78 is 11.2. The van der Waals surface area contributed by atoms with Crippen molar-refractivity contribution in [3.05, 3.63) is 111 Å². The molecule has 1 aliphatic rings. The van der Waals surface area contributed by atoms with Gasteiger partial charge in [0, 0.05) is 11.1 Å². The van der Waals surface area contributed by atoms with Crippen molar-refractivity contribution in [3.8, 4) is 11.8 Å². The number of aliphatic imine (C=N–C) groups is 1. The number of esters is 1. The normalized spacial score (nSPS) is 15.2. The topological polar surface area (TPSA) is 91.9 Å². The number of rotatable bonds is 7. The summed E-state index contributed by atoms with van der Waals surface area (Å²) in [7, 11) is 0. The molecule has 1 heterocycles. The maximum absolute atomic E-state index is 12.7. The summed E-state index contributed by atoms with van der Waals surface area (Å²) in [5.41, 5.74) is 3.83. The molecule has 0 amide bonds. The molecule has 0 aliphatic carbocycles. The molecule has 0 spiro atoms. The zero-order valence-electron chi connectivity index (χ0n) is 19.9. The quantitative estimate of drug-likeness (QED) is 0.369. The smallest absolute Gasteiger partial charge is 0.344 e. The third-order valence-corrected chi connectivity index (χ3v) is 6.38. The van der Waals surface area contributed by atoms with Gasteiger partial charge in [0.2, 0.25) is 0 Å². The number of nitrogens with zero attached hydrogens (tertiary/aromatic N) is 2. The summed E-state index contributed by atoms with van der Waals surface area (Å²) in [4.78, 5) is 17.7. The molecule has 0 saturated heterocycles. The molecule has 1 N–H and O–H groups in total. The molecule has 7 heteroatoms. The summed E-state index contributed by atoms with van der Waals surface area (Å²) in [6, 6.07) is 24.4. The van der Waals surface area contributed by atoms with E-state index in [4.69, 9.17) is 9.47 Å². The Bertz CT molecular complexity index is 1420. The first-order valence-electron chi connectivity index (χ1n) is 11.4. The first kappa shape index (κ1) is 24.8. The fourth-order valence-electron chi connectivity index (χ4n) is 3.51. The van der Waals surface area contributed by atoms with Crippen molar-refractivity contribution in [1.29, 1.82) is 5.26 Å². The van der Waals surface area contributed by atoms with Gasteiger partial charge in [0.1, 0.15) is 28.7 Å². The van der Waals surface area contributed by atoms with Gasteiger partial charge in [-0.3, -0.25) is 0 Å². The van der Waals surface area contributed by atoms with Crippen LogP contribution in [0.1, 0.15) is 29.2 Å². The van der Waals surface area contributed by atoms with E-state index in [1.54, 1.807) is 19.1 Å². The minimum atomic E-state index is -0.630. The van der Waals surface area contributed by atoms with Crippen LogP contribution in [0.25, 0.3) is 6.08 Å². The van der Waals surface area contributed by atoms with Gasteiger partial charge in [-0.05, 0) is 44.2 Å². The lowest BCUT2D eigenvalue weighted by Gasteiger charge is -2.11. The highest BCUT2D eigenvalue weighted by molar-refractivity contribution is 8.18. The number of hydrogen-bond donors (Lipinski definition) is 1. The Morgan fingerprint density at radius 2 is 1.81 bits per heavy atom. The lowest BCUT2D eigenvalue weighted by Crippen LogP contribution is -2.12. The van der Waals surface area contributed by atoms with Gasteiger partial charge in [-0.15, -0.1) is 0 Å². The Labute approximate surface area is 214 Å². The molecule has 0 radical (unpaired) electrons. The van der Waals surface area contributed by atoms with Crippen molar-refractivity contribution in [3.63, 3.8) is 0 Å². The first-order valence-corrected chi connectivity index (χ1v) is 12.2. The number of carbonyl (C=O) groups excluding carboxylic acids is 1. The van der Waals surface area contributed by atoms with E-state index in [9.17, 15) is 15.2 Å². The largest absolute Gasteiger partial charge is 0.506 e. The molecular formula is C29H24N2O4S. The maximum Gasteiger partial charge on any atom is 0.344 e. The molecule has 0 atom stereocenters. The number of thioether (sulfide) groups is 1. The van der Waals surface area contributed by atoms with E-state index < -0.39 is 5.97 Å². The van der Waals surface area contributed by atoms with Gasteiger partial charge in [0.15, 0.2) is 0 Å². The van der Waals surface area contributed by atoms with Crippen LogP contribution in [0, 0.1) is 18.3 Å². The summed E-state index contributed by atoms with van der Waals surface area (Å²) in [5, 5.41) is 20.7. The molecule has 1 aliphatic heterocycles. The summed E-state index contributed by atoms with van der Waals surface area (Å²) >= 11 is 1.19. The molecule has 3 aromatic carbocycles. The molecule has 6 nitrogen and oxygen atoms in total. The molecule has 0 bridgehead atoms. The van der Waals surface area contributed by atoms with E-state index in [-0.39, 0.29) is 24.5 Å². The molecule has 180 valence electrons. The monoisotopic (exact) mass is 496 g/mol. The van der Waals surface area contributed by atoms with Gasteiger partial charge in [-0.1, -0.05) is 65.9 Å². The van der Waals surface area contributed by atoms with Crippen molar-refractivity contribution < 1.29 is 19.4 Å². The molecule has 3 aromatic rings. The number of carbonyl (C=O) groups is 1. The molecule has 0 unspecified atom stereocenters. The summed E-state index contributed by atoms with van der Waals surface area (Å²) in [6.45, 7) is 4.09. The van der Waals surface area contributed by atoms with Gasteiger partial charge in [0.25, 0.3) is 0 Å². The zero-order valence-corrected chi connectivity index (χ0v) is 20.7. The van der Waals surface area contributed by atoms with Crippen molar-refractivity contribution in [2.45, 2.75) is 20.5 Å². The van der Waals surface area contributed by atoms with Crippen molar-refractivity contribution in [2.75, 3.05) is 6.61 Å². The van der Waals surface area contributed by atoms with Gasteiger partial charge in [0.05, 0.1) is 28.8 Å². The highest BCUT2D eigenvalue weighted by Crippen LogP contribution is 2.41. The Kier molecular flexibility index (Phi) is 7.89. The molecule has 0 saturated carbocycles. The van der Waals surface area contributed by atoms with Crippen LogP contribution in [0.2, 0.25) is 0 Å². The zero-order chi connectivity index (χ0) is 25.5. The Morgan fingerprint density at radius 3 is 2.56 bits per heavy atom. The molecular weight excluding hydrogens is 472 g/mol. The van der Waals surface area contributed by atoms with Crippen LogP contribution < -0.4 is 4.74 Å². The number of hydrogen-bond acceptors (Lipinski definition) is 7. The second kappa shape index (κ2) is 11.4. The highest BCUT2D eigenvalue weighted by Gasteiger charge is 2.33. The van der Waals surface area contributed by atoms with E-state index in [0.717, 1.165) is 11.1 Å². The van der Waals surface area contributed by atoms with Crippen molar-refractivity contribution in [2.24, 2.45) is 4.99 Å². The Balaban J connectivity index is 1.67. The third-order valence-electron chi connectivity index (χ3n) is 5.36. The number of para-hydroxylation sites is 1. The lowest BCUT2D eigenvalue weighted by atomic mass is 10.1. The third kappa shape index (κ3) is 5.68. The Hall–Kier alpha value is -4.28.